The van der Waals surface area contributed by atoms with Crippen molar-refractivity contribution >= 4 is 0 Å². The van der Waals surface area contributed by atoms with Crippen molar-refractivity contribution in [3.05, 3.63) is 54.1 Å². The maximum Gasteiger partial charge on any atom is 0.319 e. The van der Waals surface area contributed by atoms with E-state index in [1.165, 1.54) is 18.0 Å². The van der Waals surface area contributed by atoms with Crippen LogP contribution in [0.5, 0.6) is 0 Å². The van der Waals surface area contributed by atoms with Gasteiger partial charge in [-0.1, -0.05) is 30.3 Å². The Morgan fingerprint density at radius 1 is 1.24 bits per heavy atom. The van der Waals surface area contributed by atoms with E-state index in [4.69, 9.17) is 5.73 Å². The third-order valence-electron chi connectivity index (χ3n) is 3.99. The number of rotatable bonds is 4. The molecule has 0 bridgehead atoms. The highest BCUT2D eigenvalue weighted by atomic mass is 19.3. The van der Waals surface area contributed by atoms with Gasteiger partial charge in [-0.25, -0.2) is 4.98 Å². The Morgan fingerprint density at radius 2 is 2.00 bits per heavy atom. The second kappa shape index (κ2) is 5.91. The monoisotopic (exact) mass is 292 g/mol. The van der Waals surface area contributed by atoms with Crippen molar-refractivity contribution in [3.8, 4) is 0 Å². The standard InChI is InChI=1S/C15H18F2N4/c16-15(17)21-7-6-19-14(21)10-20-8-12(13(18)9-20)11-4-2-1-3-5-11/h1-7,12-13,15H,8-10,18H2/t12-,13+/m0/s1. The number of imidazole rings is 1. The SMILES string of the molecule is N[C@@H]1CN(Cc2nccn2C(F)F)C[C@H]1c1ccccc1. The molecule has 2 heterocycles. The molecular weight excluding hydrogens is 274 g/mol. The van der Waals surface area contributed by atoms with E-state index in [0.717, 1.165) is 11.1 Å². The van der Waals surface area contributed by atoms with Gasteiger partial charge in [-0.15, -0.1) is 0 Å². The van der Waals surface area contributed by atoms with Crippen molar-refractivity contribution < 1.29 is 8.78 Å². The van der Waals surface area contributed by atoms with Crippen LogP contribution in [0.25, 0.3) is 0 Å². The summed E-state index contributed by atoms with van der Waals surface area (Å²) in [4.78, 5) is 6.11. The highest BCUT2D eigenvalue weighted by Crippen LogP contribution is 2.27. The molecule has 0 saturated carbocycles. The second-order valence-corrected chi connectivity index (χ2v) is 5.40. The highest BCUT2D eigenvalue weighted by Gasteiger charge is 2.31. The minimum absolute atomic E-state index is 0.0161. The molecule has 1 fully saturated rings. The number of halogens is 2. The van der Waals surface area contributed by atoms with Crippen molar-refractivity contribution in [3.63, 3.8) is 0 Å². The quantitative estimate of drug-likeness (QED) is 0.940. The van der Waals surface area contributed by atoms with Gasteiger partial charge in [-0.05, 0) is 5.56 Å². The van der Waals surface area contributed by atoms with Crippen LogP contribution in [0.15, 0.2) is 42.7 Å². The smallest absolute Gasteiger partial charge is 0.319 e. The molecule has 0 spiro atoms. The second-order valence-electron chi connectivity index (χ2n) is 5.40. The fourth-order valence-corrected chi connectivity index (χ4v) is 2.94. The first-order valence-electron chi connectivity index (χ1n) is 6.98. The van der Waals surface area contributed by atoms with Crippen LogP contribution < -0.4 is 5.73 Å². The zero-order valence-corrected chi connectivity index (χ0v) is 11.6. The average Bonchev–Trinajstić information content (AvgIpc) is 3.07. The molecule has 1 aliphatic heterocycles. The number of likely N-dealkylation sites (tertiary alicyclic amines) is 1. The predicted molar refractivity (Wildman–Crippen MR) is 75.9 cm³/mol. The van der Waals surface area contributed by atoms with Gasteiger partial charge < -0.3 is 5.73 Å². The molecular formula is C15H18F2N4. The molecule has 21 heavy (non-hydrogen) atoms. The van der Waals surface area contributed by atoms with E-state index in [-0.39, 0.29) is 12.0 Å². The fraction of sp³-hybridized carbons (Fsp3) is 0.400. The van der Waals surface area contributed by atoms with Crippen LogP contribution in [0.1, 0.15) is 23.9 Å². The average molecular weight is 292 g/mol. The molecule has 3 rings (SSSR count). The number of benzene rings is 1. The summed E-state index contributed by atoms with van der Waals surface area (Å²) in [6, 6.07) is 10.1. The Hall–Kier alpha value is -1.79. The molecule has 2 atom stereocenters. The van der Waals surface area contributed by atoms with E-state index < -0.39 is 6.55 Å². The summed E-state index contributed by atoms with van der Waals surface area (Å²) in [6.07, 6.45) is 2.72. The van der Waals surface area contributed by atoms with Gasteiger partial charge in [0.2, 0.25) is 0 Å². The molecule has 0 unspecified atom stereocenters. The van der Waals surface area contributed by atoms with E-state index in [2.05, 4.69) is 22.0 Å². The van der Waals surface area contributed by atoms with Gasteiger partial charge >= 0.3 is 6.55 Å². The van der Waals surface area contributed by atoms with E-state index in [9.17, 15) is 8.78 Å². The van der Waals surface area contributed by atoms with Gasteiger partial charge in [0.05, 0.1) is 6.54 Å². The summed E-state index contributed by atoms with van der Waals surface area (Å²) >= 11 is 0. The Kier molecular flexibility index (Phi) is 3.98. The first kappa shape index (κ1) is 14.2. The number of nitrogens with zero attached hydrogens (tertiary/aromatic N) is 3. The Balaban J connectivity index is 1.70. The third-order valence-corrected chi connectivity index (χ3v) is 3.99. The summed E-state index contributed by atoms with van der Waals surface area (Å²) in [5, 5.41) is 0. The van der Waals surface area contributed by atoms with Gasteiger partial charge in [0, 0.05) is 37.4 Å². The lowest BCUT2D eigenvalue weighted by Gasteiger charge is -2.16. The molecule has 1 aliphatic rings. The number of nitrogens with two attached hydrogens (primary N) is 1. The molecule has 1 saturated heterocycles. The number of hydrogen-bond donors (Lipinski definition) is 1. The number of hydrogen-bond acceptors (Lipinski definition) is 3. The molecule has 0 radical (unpaired) electrons. The van der Waals surface area contributed by atoms with Crippen LogP contribution >= 0.6 is 0 Å². The maximum absolute atomic E-state index is 12.8. The van der Waals surface area contributed by atoms with Crippen LogP contribution in [-0.4, -0.2) is 33.6 Å². The van der Waals surface area contributed by atoms with Crippen LogP contribution in [0.3, 0.4) is 0 Å². The zero-order chi connectivity index (χ0) is 14.8. The topological polar surface area (TPSA) is 47.1 Å². The number of alkyl halides is 2. The minimum Gasteiger partial charge on any atom is -0.326 e. The van der Waals surface area contributed by atoms with E-state index >= 15 is 0 Å². The molecule has 0 aliphatic carbocycles. The molecule has 6 heteroatoms. The molecule has 0 amide bonds. The van der Waals surface area contributed by atoms with Gasteiger partial charge in [-0.2, -0.15) is 8.78 Å². The fourth-order valence-electron chi connectivity index (χ4n) is 2.94. The molecule has 1 aromatic carbocycles. The Bertz CT molecular complexity index is 584. The first-order valence-corrected chi connectivity index (χ1v) is 6.98. The lowest BCUT2D eigenvalue weighted by molar-refractivity contribution is 0.0645. The summed E-state index contributed by atoms with van der Waals surface area (Å²) in [5.41, 5.74) is 7.41. The van der Waals surface area contributed by atoms with Crippen LogP contribution in [-0.2, 0) is 6.54 Å². The largest absolute Gasteiger partial charge is 0.326 e. The van der Waals surface area contributed by atoms with Crippen LogP contribution in [0, 0.1) is 0 Å². The minimum atomic E-state index is -2.55. The molecule has 112 valence electrons. The Labute approximate surface area is 122 Å². The van der Waals surface area contributed by atoms with E-state index in [0.29, 0.717) is 18.9 Å². The van der Waals surface area contributed by atoms with Crippen LogP contribution in [0.2, 0.25) is 0 Å². The van der Waals surface area contributed by atoms with Crippen molar-refractivity contribution in [2.45, 2.75) is 25.1 Å². The summed E-state index contributed by atoms with van der Waals surface area (Å²) in [6.45, 7) is -0.700. The van der Waals surface area contributed by atoms with Crippen molar-refractivity contribution in [2.75, 3.05) is 13.1 Å². The summed E-state index contributed by atoms with van der Waals surface area (Å²) in [5.74, 6) is 0.618. The number of aromatic nitrogens is 2. The predicted octanol–water partition coefficient (Wildman–Crippen LogP) is 2.20. The highest BCUT2D eigenvalue weighted by molar-refractivity contribution is 5.23. The summed E-state index contributed by atoms with van der Waals surface area (Å²) in [7, 11) is 0. The van der Waals surface area contributed by atoms with Gasteiger partial charge in [0.15, 0.2) is 0 Å². The van der Waals surface area contributed by atoms with Crippen molar-refractivity contribution in [1.29, 1.82) is 0 Å². The van der Waals surface area contributed by atoms with E-state index in [1.807, 2.05) is 18.2 Å². The third kappa shape index (κ3) is 2.96. The van der Waals surface area contributed by atoms with Crippen molar-refractivity contribution in [1.82, 2.24) is 14.5 Å². The van der Waals surface area contributed by atoms with E-state index in [1.54, 1.807) is 0 Å². The zero-order valence-electron chi connectivity index (χ0n) is 11.6. The lowest BCUT2D eigenvalue weighted by Crippen LogP contribution is -2.29. The molecule has 2 N–H and O–H groups in total. The van der Waals surface area contributed by atoms with Gasteiger partial charge in [-0.3, -0.25) is 9.47 Å². The van der Waals surface area contributed by atoms with Crippen LogP contribution in [0.4, 0.5) is 8.78 Å². The maximum atomic E-state index is 12.8. The first-order chi connectivity index (χ1) is 10.1. The molecule has 4 nitrogen and oxygen atoms in total. The lowest BCUT2D eigenvalue weighted by atomic mass is 9.95. The van der Waals surface area contributed by atoms with Crippen molar-refractivity contribution in [2.24, 2.45) is 5.73 Å². The van der Waals surface area contributed by atoms with Gasteiger partial charge in [0.1, 0.15) is 5.82 Å². The molecule has 2 aromatic rings. The van der Waals surface area contributed by atoms with Gasteiger partial charge in [0.25, 0.3) is 0 Å². The normalized spacial score (nSPS) is 23.0. The Morgan fingerprint density at radius 3 is 2.71 bits per heavy atom. The summed E-state index contributed by atoms with van der Waals surface area (Å²) < 4.78 is 26.6. The molecule has 1 aromatic heterocycles.